The largest absolute Gasteiger partial charge is 0.502 e. The summed E-state index contributed by atoms with van der Waals surface area (Å²) in [5, 5.41) is 18.8. The van der Waals surface area contributed by atoms with Crippen molar-refractivity contribution in [2.45, 2.75) is 39.2 Å². The van der Waals surface area contributed by atoms with Crippen molar-refractivity contribution in [2.24, 2.45) is 0 Å². The number of aliphatic hydroxyl groups is 1. The fourth-order valence-electron chi connectivity index (χ4n) is 2.39. The average Bonchev–Trinajstić information content (AvgIpc) is 2.33. The van der Waals surface area contributed by atoms with Gasteiger partial charge in [-0.3, -0.25) is 9.69 Å². The van der Waals surface area contributed by atoms with Crippen LogP contribution in [-0.2, 0) is 17.9 Å². The molecule has 1 fully saturated rings. The van der Waals surface area contributed by atoms with Gasteiger partial charge in [-0.2, -0.15) is 0 Å². The second-order valence-corrected chi connectivity index (χ2v) is 4.96. The van der Waals surface area contributed by atoms with Crippen LogP contribution in [0.25, 0.3) is 0 Å². The monoisotopic (exact) mass is 269 g/mol. The van der Waals surface area contributed by atoms with Crippen molar-refractivity contribution in [2.75, 3.05) is 13.1 Å². The Morgan fingerprint density at radius 2 is 2.00 bits per heavy atom. The van der Waals surface area contributed by atoms with E-state index in [1.54, 1.807) is 0 Å². The van der Waals surface area contributed by atoms with Gasteiger partial charge in [0, 0.05) is 19.2 Å². The molecule has 19 heavy (non-hydrogen) atoms. The van der Waals surface area contributed by atoms with Gasteiger partial charge >= 0.3 is 0 Å². The maximum absolute atomic E-state index is 11.5. The standard InChI is InChI=1S/C13H19NO5/c1-8-4-14(5-9(2)18-8)6-12-13(17)11(16)3-10(7-15)19-12/h3,8-9,15,17H,4-7H2,1-2H3/t8-,9-/m0/s1. The molecule has 0 saturated carbocycles. The fraction of sp³-hybridized carbons (Fsp3) is 0.615. The second kappa shape index (κ2) is 5.73. The van der Waals surface area contributed by atoms with Crippen molar-refractivity contribution in [3.8, 4) is 5.75 Å². The second-order valence-electron chi connectivity index (χ2n) is 4.96. The number of nitrogens with zero attached hydrogens (tertiary/aromatic N) is 1. The smallest absolute Gasteiger partial charge is 0.227 e. The van der Waals surface area contributed by atoms with Crippen LogP contribution in [0.2, 0.25) is 0 Å². The number of ether oxygens (including phenoxy) is 1. The van der Waals surface area contributed by atoms with Gasteiger partial charge in [-0.15, -0.1) is 0 Å². The highest BCUT2D eigenvalue weighted by molar-refractivity contribution is 5.24. The van der Waals surface area contributed by atoms with Crippen LogP contribution in [0.4, 0.5) is 0 Å². The first-order valence-corrected chi connectivity index (χ1v) is 6.33. The molecule has 6 nitrogen and oxygen atoms in total. The molecule has 2 atom stereocenters. The summed E-state index contributed by atoms with van der Waals surface area (Å²) in [6, 6.07) is 1.10. The van der Waals surface area contributed by atoms with E-state index in [0.717, 1.165) is 6.07 Å². The van der Waals surface area contributed by atoms with E-state index in [0.29, 0.717) is 19.6 Å². The van der Waals surface area contributed by atoms with Gasteiger partial charge in [-0.05, 0) is 13.8 Å². The maximum atomic E-state index is 11.5. The van der Waals surface area contributed by atoms with Gasteiger partial charge < -0.3 is 19.4 Å². The van der Waals surface area contributed by atoms with Crippen LogP contribution in [0, 0.1) is 0 Å². The normalized spacial score (nSPS) is 24.6. The van der Waals surface area contributed by atoms with Gasteiger partial charge in [-0.1, -0.05) is 0 Å². The van der Waals surface area contributed by atoms with E-state index in [1.165, 1.54) is 0 Å². The van der Waals surface area contributed by atoms with Crippen molar-refractivity contribution in [1.29, 1.82) is 0 Å². The van der Waals surface area contributed by atoms with Crippen LogP contribution in [0.15, 0.2) is 15.3 Å². The molecule has 2 rings (SSSR count). The minimum Gasteiger partial charge on any atom is -0.502 e. The number of rotatable bonds is 3. The van der Waals surface area contributed by atoms with Gasteiger partial charge in [-0.25, -0.2) is 0 Å². The zero-order valence-corrected chi connectivity index (χ0v) is 11.1. The molecule has 106 valence electrons. The van der Waals surface area contributed by atoms with Crippen LogP contribution in [0.1, 0.15) is 25.4 Å². The fourth-order valence-corrected chi connectivity index (χ4v) is 2.39. The van der Waals surface area contributed by atoms with Crippen LogP contribution in [0.3, 0.4) is 0 Å². The van der Waals surface area contributed by atoms with Gasteiger partial charge in [0.2, 0.25) is 11.2 Å². The molecule has 1 saturated heterocycles. The first-order valence-electron chi connectivity index (χ1n) is 6.33. The van der Waals surface area contributed by atoms with E-state index >= 15 is 0 Å². The molecule has 0 aromatic carbocycles. The molecule has 1 aliphatic rings. The maximum Gasteiger partial charge on any atom is 0.227 e. The molecule has 0 bridgehead atoms. The summed E-state index contributed by atoms with van der Waals surface area (Å²) in [6.45, 7) is 5.32. The number of aromatic hydroxyl groups is 1. The van der Waals surface area contributed by atoms with Crippen LogP contribution in [-0.4, -0.2) is 40.4 Å². The van der Waals surface area contributed by atoms with E-state index < -0.39 is 5.43 Å². The summed E-state index contributed by atoms with van der Waals surface area (Å²) in [6.07, 6.45) is 0.192. The lowest BCUT2D eigenvalue weighted by Crippen LogP contribution is -2.44. The molecule has 2 heterocycles. The predicted octanol–water partition coefficient (Wildman–Crippen LogP) is 0.447. The predicted molar refractivity (Wildman–Crippen MR) is 67.9 cm³/mol. The first kappa shape index (κ1) is 14.0. The number of aliphatic hydroxyl groups excluding tert-OH is 1. The molecule has 0 unspecified atom stereocenters. The SMILES string of the molecule is C[C@H]1CN(Cc2oc(CO)cc(=O)c2O)C[C@H](C)O1. The molecule has 2 N–H and O–H groups in total. The van der Waals surface area contributed by atoms with Crippen LogP contribution in [0.5, 0.6) is 5.75 Å². The molecular weight excluding hydrogens is 250 g/mol. The molecule has 0 radical (unpaired) electrons. The first-order chi connectivity index (χ1) is 8.99. The molecular formula is C13H19NO5. The Kier molecular flexibility index (Phi) is 4.24. The molecule has 1 aromatic heterocycles. The number of hydrogen-bond acceptors (Lipinski definition) is 6. The van der Waals surface area contributed by atoms with E-state index in [9.17, 15) is 9.90 Å². The Hall–Kier alpha value is -1.37. The Bertz CT molecular complexity index is 488. The third-order valence-corrected chi connectivity index (χ3v) is 3.06. The van der Waals surface area contributed by atoms with Crippen LogP contribution >= 0.6 is 0 Å². The highest BCUT2D eigenvalue weighted by atomic mass is 16.5. The molecule has 1 aromatic rings. The zero-order chi connectivity index (χ0) is 14.0. The minimum absolute atomic E-state index is 0.0960. The third-order valence-electron chi connectivity index (χ3n) is 3.06. The average molecular weight is 269 g/mol. The lowest BCUT2D eigenvalue weighted by atomic mass is 10.2. The summed E-state index contributed by atoms with van der Waals surface area (Å²) in [5.74, 6) is -0.0333. The van der Waals surface area contributed by atoms with Gasteiger partial charge in [0.05, 0.1) is 18.8 Å². The highest BCUT2D eigenvalue weighted by Crippen LogP contribution is 2.19. The van der Waals surface area contributed by atoms with Crippen molar-refractivity contribution in [1.82, 2.24) is 4.90 Å². The van der Waals surface area contributed by atoms with E-state index in [1.807, 2.05) is 13.8 Å². The van der Waals surface area contributed by atoms with Crippen molar-refractivity contribution < 1.29 is 19.4 Å². The lowest BCUT2D eigenvalue weighted by Gasteiger charge is -2.34. The zero-order valence-electron chi connectivity index (χ0n) is 11.1. The van der Waals surface area contributed by atoms with Gasteiger partial charge in [0.25, 0.3) is 0 Å². The molecule has 6 heteroatoms. The van der Waals surface area contributed by atoms with Crippen LogP contribution < -0.4 is 5.43 Å². The van der Waals surface area contributed by atoms with E-state index in [-0.39, 0.29) is 36.1 Å². The Balaban J connectivity index is 2.18. The van der Waals surface area contributed by atoms with Crippen molar-refractivity contribution in [3.63, 3.8) is 0 Å². The third kappa shape index (κ3) is 3.34. The Morgan fingerprint density at radius 1 is 1.37 bits per heavy atom. The Morgan fingerprint density at radius 3 is 2.58 bits per heavy atom. The molecule has 1 aliphatic heterocycles. The highest BCUT2D eigenvalue weighted by Gasteiger charge is 2.24. The Labute approximate surface area is 111 Å². The summed E-state index contributed by atoms with van der Waals surface area (Å²) in [4.78, 5) is 13.6. The van der Waals surface area contributed by atoms with E-state index in [2.05, 4.69) is 4.90 Å². The summed E-state index contributed by atoms with van der Waals surface area (Å²) in [7, 11) is 0. The summed E-state index contributed by atoms with van der Waals surface area (Å²) < 4.78 is 10.9. The molecule has 0 aliphatic carbocycles. The molecule has 0 amide bonds. The summed E-state index contributed by atoms with van der Waals surface area (Å²) >= 11 is 0. The van der Waals surface area contributed by atoms with Crippen molar-refractivity contribution in [3.05, 3.63) is 27.8 Å². The lowest BCUT2D eigenvalue weighted by molar-refractivity contribution is -0.0722. The van der Waals surface area contributed by atoms with Gasteiger partial charge in [0.15, 0.2) is 5.76 Å². The quantitative estimate of drug-likeness (QED) is 0.829. The topological polar surface area (TPSA) is 83.1 Å². The number of hydrogen-bond donors (Lipinski definition) is 2. The minimum atomic E-state index is -0.528. The van der Waals surface area contributed by atoms with Crippen molar-refractivity contribution >= 4 is 0 Å². The number of morpholine rings is 1. The van der Waals surface area contributed by atoms with Gasteiger partial charge in [0.1, 0.15) is 12.4 Å². The molecule has 0 spiro atoms. The summed E-state index contributed by atoms with van der Waals surface area (Å²) in [5.41, 5.74) is -0.528. The van der Waals surface area contributed by atoms with E-state index in [4.69, 9.17) is 14.3 Å².